The number of pyridine rings is 1. The zero-order valence-corrected chi connectivity index (χ0v) is 18.1. The first kappa shape index (κ1) is 21.1. The van der Waals surface area contributed by atoms with E-state index >= 15 is 0 Å². The van der Waals surface area contributed by atoms with Crippen LogP contribution in [0.5, 0.6) is 5.75 Å². The first-order chi connectivity index (χ1) is 16.2. The minimum Gasteiger partial charge on any atom is -0.487 e. The van der Waals surface area contributed by atoms with Gasteiger partial charge in [-0.25, -0.2) is 14.8 Å². The molecular formula is C25H25N5O3. The highest BCUT2D eigenvalue weighted by molar-refractivity contribution is 5.94. The van der Waals surface area contributed by atoms with Crippen molar-refractivity contribution in [3.05, 3.63) is 83.7 Å². The second-order valence-corrected chi connectivity index (χ2v) is 7.98. The first-order valence-electron chi connectivity index (χ1n) is 11.0. The smallest absolute Gasteiger partial charge is 0.354 e. The second kappa shape index (κ2) is 9.01. The van der Waals surface area contributed by atoms with Gasteiger partial charge in [0, 0.05) is 49.5 Å². The van der Waals surface area contributed by atoms with Crippen LogP contribution in [0, 0.1) is 0 Å². The molecule has 0 saturated carbocycles. The molecule has 8 nitrogen and oxygen atoms in total. The summed E-state index contributed by atoms with van der Waals surface area (Å²) in [5.74, 6) is -1.49. The molecular weight excluding hydrogens is 418 g/mol. The summed E-state index contributed by atoms with van der Waals surface area (Å²) >= 11 is 0. The van der Waals surface area contributed by atoms with Crippen molar-refractivity contribution >= 4 is 23.1 Å². The molecule has 0 aliphatic carbocycles. The number of carbonyl (C=O) groups is 1. The molecule has 168 valence electrons. The summed E-state index contributed by atoms with van der Waals surface area (Å²) < 4.78 is 6.11. The third kappa shape index (κ3) is 4.06. The van der Waals surface area contributed by atoms with Gasteiger partial charge in [0.05, 0.1) is 0 Å². The summed E-state index contributed by atoms with van der Waals surface area (Å²) in [6.07, 6.45) is 5.43. The van der Waals surface area contributed by atoms with Gasteiger partial charge in [0.15, 0.2) is 0 Å². The van der Waals surface area contributed by atoms with E-state index in [-0.39, 0.29) is 5.69 Å². The van der Waals surface area contributed by atoms with Gasteiger partial charge in [-0.15, -0.1) is 0 Å². The maximum absolute atomic E-state index is 12.1. The zero-order valence-electron chi connectivity index (χ0n) is 18.1. The summed E-state index contributed by atoms with van der Waals surface area (Å²) in [6.45, 7) is 3.52. The number of ether oxygens (including phenoxy) is 1. The van der Waals surface area contributed by atoms with E-state index in [0.717, 1.165) is 42.7 Å². The van der Waals surface area contributed by atoms with E-state index in [2.05, 4.69) is 20.5 Å². The number of carboxylic acid groups (broad SMARTS) is 1. The van der Waals surface area contributed by atoms with Crippen molar-refractivity contribution in [2.45, 2.75) is 12.4 Å². The van der Waals surface area contributed by atoms with E-state index in [1.165, 1.54) is 0 Å². The molecule has 2 aliphatic rings. The van der Waals surface area contributed by atoms with Crippen LogP contribution >= 0.6 is 0 Å². The van der Waals surface area contributed by atoms with Crippen molar-refractivity contribution in [1.82, 2.24) is 20.5 Å². The molecule has 0 bridgehead atoms. The van der Waals surface area contributed by atoms with Crippen LogP contribution in [0.3, 0.4) is 0 Å². The SMILES string of the molecule is O=C(O)c1cc(C2(N3CCNCC3)N=CC=CN2)c2cccc(OCc3ccccc3)c2n1. The van der Waals surface area contributed by atoms with Crippen LogP contribution in [0.15, 0.2) is 71.9 Å². The number of nitrogens with zero attached hydrogens (tertiary/aromatic N) is 3. The highest BCUT2D eigenvalue weighted by atomic mass is 16.5. The quantitative estimate of drug-likeness (QED) is 0.539. The summed E-state index contributed by atoms with van der Waals surface area (Å²) in [5.41, 5.74) is 2.21. The number of piperazine rings is 1. The van der Waals surface area contributed by atoms with E-state index in [1.54, 1.807) is 12.3 Å². The number of rotatable bonds is 6. The number of aliphatic imine (C=N–C) groups is 1. The molecule has 0 amide bonds. The van der Waals surface area contributed by atoms with Crippen molar-refractivity contribution in [2.24, 2.45) is 4.99 Å². The van der Waals surface area contributed by atoms with Crippen LogP contribution in [0.1, 0.15) is 21.6 Å². The highest BCUT2D eigenvalue weighted by Crippen LogP contribution is 2.37. The molecule has 1 atom stereocenters. The van der Waals surface area contributed by atoms with E-state index in [0.29, 0.717) is 17.9 Å². The number of para-hydroxylation sites is 1. The summed E-state index contributed by atoms with van der Waals surface area (Å²) in [5, 5.41) is 17.4. The summed E-state index contributed by atoms with van der Waals surface area (Å²) in [6, 6.07) is 17.1. The Morgan fingerprint density at radius 2 is 1.94 bits per heavy atom. The number of aromatic carboxylic acids is 1. The monoisotopic (exact) mass is 443 g/mol. The summed E-state index contributed by atoms with van der Waals surface area (Å²) in [7, 11) is 0. The molecule has 0 spiro atoms. The summed E-state index contributed by atoms with van der Waals surface area (Å²) in [4.78, 5) is 23.6. The minimum atomic E-state index is -1.10. The maximum atomic E-state index is 12.1. The number of hydrogen-bond acceptors (Lipinski definition) is 7. The fourth-order valence-electron chi connectivity index (χ4n) is 4.35. The van der Waals surface area contributed by atoms with Gasteiger partial charge in [-0.05, 0) is 23.8 Å². The molecule has 3 N–H and O–H groups in total. The Labute approximate surface area is 191 Å². The van der Waals surface area contributed by atoms with Gasteiger partial charge in [-0.1, -0.05) is 42.5 Å². The second-order valence-electron chi connectivity index (χ2n) is 7.98. The van der Waals surface area contributed by atoms with Crippen molar-refractivity contribution in [2.75, 3.05) is 26.2 Å². The van der Waals surface area contributed by atoms with Crippen molar-refractivity contribution in [1.29, 1.82) is 0 Å². The maximum Gasteiger partial charge on any atom is 0.354 e. The topological polar surface area (TPSA) is 99.1 Å². The molecule has 8 heteroatoms. The molecule has 3 aromatic rings. The lowest BCUT2D eigenvalue weighted by Gasteiger charge is -2.44. The molecule has 2 aromatic carbocycles. The zero-order chi connectivity index (χ0) is 22.7. The predicted octanol–water partition coefficient (Wildman–Crippen LogP) is 2.72. The van der Waals surface area contributed by atoms with E-state index in [9.17, 15) is 9.90 Å². The highest BCUT2D eigenvalue weighted by Gasteiger charge is 2.41. The molecule has 1 unspecified atom stereocenters. The normalized spacial score (nSPS) is 20.5. The number of nitrogens with one attached hydrogen (secondary N) is 2. The Morgan fingerprint density at radius 3 is 2.67 bits per heavy atom. The average Bonchev–Trinajstić information content (AvgIpc) is 2.88. The van der Waals surface area contributed by atoms with Crippen molar-refractivity contribution in [3.8, 4) is 5.75 Å². The molecule has 1 fully saturated rings. The number of hydrogen-bond donors (Lipinski definition) is 3. The van der Waals surface area contributed by atoms with Crippen LogP contribution < -0.4 is 15.4 Å². The Bertz CT molecular complexity index is 1220. The average molecular weight is 444 g/mol. The lowest BCUT2D eigenvalue weighted by atomic mass is 9.98. The van der Waals surface area contributed by atoms with Gasteiger partial charge >= 0.3 is 5.97 Å². The third-order valence-corrected chi connectivity index (χ3v) is 5.94. The Morgan fingerprint density at radius 1 is 1.12 bits per heavy atom. The number of fused-ring (bicyclic) bond motifs is 1. The lowest BCUT2D eigenvalue weighted by Crippen LogP contribution is -2.59. The Balaban J connectivity index is 1.65. The van der Waals surface area contributed by atoms with Crippen LogP contribution in [-0.2, 0) is 12.4 Å². The predicted molar refractivity (Wildman–Crippen MR) is 126 cm³/mol. The number of aromatic nitrogens is 1. The molecule has 1 saturated heterocycles. The number of benzene rings is 2. The first-order valence-corrected chi connectivity index (χ1v) is 11.0. The van der Waals surface area contributed by atoms with Gasteiger partial charge < -0.3 is 20.5 Å². The Hall–Kier alpha value is -3.75. The number of allylic oxidation sites excluding steroid dienone is 1. The molecule has 2 aliphatic heterocycles. The largest absolute Gasteiger partial charge is 0.487 e. The standard InChI is InChI=1S/C25H25N5O3/c31-24(32)21-16-20(25(27-10-5-11-28-25)30-14-12-26-13-15-30)19-8-4-9-22(23(19)29-21)33-17-18-6-2-1-3-7-18/h1-11,16,26-27H,12-15,17H2,(H,31,32). The lowest BCUT2D eigenvalue weighted by molar-refractivity contribution is 0.0591. The van der Waals surface area contributed by atoms with Gasteiger partial charge in [0.1, 0.15) is 23.6 Å². The fourth-order valence-corrected chi connectivity index (χ4v) is 4.35. The molecule has 33 heavy (non-hydrogen) atoms. The van der Waals surface area contributed by atoms with Crippen molar-refractivity contribution < 1.29 is 14.6 Å². The molecule has 0 radical (unpaired) electrons. The molecule has 3 heterocycles. The third-order valence-electron chi connectivity index (χ3n) is 5.94. The van der Waals surface area contributed by atoms with Crippen LogP contribution in [0.4, 0.5) is 0 Å². The molecule has 1 aromatic heterocycles. The van der Waals surface area contributed by atoms with Gasteiger partial charge in [-0.3, -0.25) is 4.90 Å². The van der Waals surface area contributed by atoms with Crippen LogP contribution in [0.2, 0.25) is 0 Å². The van der Waals surface area contributed by atoms with E-state index < -0.39 is 11.8 Å². The van der Waals surface area contributed by atoms with Gasteiger partial charge in [0.2, 0.25) is 5.79 Å². The molecule has 5 rings (SSSR count). The van der Waals surface area contributed by atoms with E-state index in [1.807, 2.05) is 60.8 Å². The van der Waals surface area contributed by atoms with E-state index in [4.69, 9.17) is 9.73 Å². The minimum absolute atomic E-state index is 0.0469. The van der Waals surface area contributed by atoms with Crippen LogP contribution in [-0.4, -0.2) is 53.4 Å². The van der Waals surface area contributed by atoms with Crippen LogP contribution in [0.25, 0.3) is 10.9 Å². The van der Waals surface area contributed by atoms with Crippen molar-refractivity contribution in [3.63, 3.8) is 0 Å². The fraction of sp³-hybridized carbons (Fsp3) is 0.240. The number of carboxylic acids is 1. The van der Waals surface area contributed by atoms with Gasteiger partial charge in [-0.2, -0.15) is 0 Å². The Kier molecular flexibility index (Phi) is 5.77. The van der Waals surface area contributed by atoms with Gasteiger partial charge in [0.25, 0.3) is 0 Å².